The first-order valence-corrected chi connectivity index (χ1v) is 6.24. The van der Waals surface area contributed by atoms with E-state index in [1.807, 2.05) is 0 Å². The standard InChI is InChI=1S/C12H19N3O2/c16-12(15-8-6-13-10-15)14-7-9-17-11-4-2-1-3-5-11/h6,8,10-11H,1-5,7,9H2,(H,14,16). The van der Waals surface area contributed by atoms with Crippen molar-refractivity contribution in [1.29, 1.82) is 0 Å². The van der Waals surface area contributed by atoms with Gasteiger partial charge in [0.2, 0.25) is 0 Å². The molecule has 94 valence electrons. The molecule has 5 heteroatoms. The second-order valence-electron chi connectivity index (χ2n) is 4.33. The van der Waals surface area contributed by atoms with E-state index in [4.69, 9.17) is 4.74 Å². The van der Waals surface area contributed by atoms with E-state index >= 15 is 0 Å². The molecule has 0 radical (unpaired) electrons. The van der Waals surface area contributed by atoms with Gasteiger partial charge in [0.05, 0.1) is 12.7 Å². The van der Waals surface area contributed by atoms with E-state index in [2.05, 4.69) is 10.3 Å². The summed E-state index contributed by atoms with van der Waals surface area (Å²) in [5.41, 5.74) is 0. The fraction of sp³-hybridized carbons (Fsp3) is 0.667. The molecule has 1 saturated carbocycles. The number of aromatic nitrogens is 2. The molecule has 1 fully saturated rings. The predicted molar refractivity (Wildman–Crippen MR) is 63.8 cm³/mol. The molecule has 1 aromatic heterocycles. The molecule has 0 atom stereocenters. The largest absolute Gasteiger partial charge is 0.376 e. The second kappa shape index (κ2) is 6.39. The van der Waals surface area contributed by atoms with Crippen LogP contribution >= 0.6 is 0 Å². The Morgan fingerprint density at radius 3 is 2.94 bits per heavy atom. The molecule has 1 heterocycles. The Kier molecular flexibility index (Phi) is 4.55. The number of hydrogen-bond acceptors (Lipinski definition) is 3. The van der Waals surface area contributed by atoms with E-state index < -0.39 is 0 Å². The molecule has 0 saturated heterocycles. The number of nitrogens with zero attached hydrogens (tertiary/aromatic N) is 2. The summed E-state index contributed by atoms with van der Waals surface area (Å²) >= 11 is 0. The number of carbonyl (C=O) groups excluding carboxylic acids is 1. The lowest BCUT2D eigenvalue weighted by molar-refractivity contribution is 0.0312. The molecule has 0 bridgehead atoms. The van der Waals surface area contributed by atoms with Gasteiger partial charge < -0.3 is 10.1 Å². The number of imidazole rings is 1. The zero-order valence-corrected chi connectivity index (χ0v) is 9.97. The molecule has 1 aromatic rings. The summed E-state index contributed by atoms with van der Waals surface area (Å²) in [6, 6.07) is -0.158. The maximum atomic E-state index is 11.5. The van der Waals surface area contributed by atoms with Crippen molar-refractivity contribution in [3.8, 4) is 0 Å². The van der Waals surface area contributed by atoms with Gasteiger partial charge in [-0.05, 0) is 12.8 Å². The highest BCUT2D eigenvalue weighted by molar-refractivity contribution is 5.76. The van der Waals surface area contributed by atoms with E-state index in [1.54, 1.807) is 12.4 Å². The zero-order valence-electron chi connectivity index (χ0n) is 9.97. The van der Waals surface area contributed by atoms with Crippen LogP contribution in [-0.2, 0) is 4.74 Å². The quantitative estimate of drug-likeness (QED) is 0.812. The highest BCUT2D eigenvalue weighted by Crippen LogP contribution is 2.19. The number of rotatable bonds is 4. The zero-order chi connectivity index (χ0) is 11.9. The minimum Gasteiger partial charge on any atom is -0.376 e. The predicted octanol–water partition coefficient (Wildman–Crippen LogP) is 1.79. The van der Waals surface area contributed by atoms with Gasteiger partial charge in [-0.1, -0.05) is 19.3 Å². The Balaban J connectivity index is 1.58. The van der Waals surface area contributed by atoms with Crippen LogP contribution in [0.15, 0.2) is 18.7 Å². The van der Waals surface area contributed by atoms with Crippen LogP contribution in [-0.4, -0.2) is 34.8 Å². The van der Waals surface area contributed by atoms with Crippen LogP contribution in [0.1, 0.15) is 32.1 Å². The van der Waals surface area contributed by atoms with Crippen LogP contribution in [0.3, 0.4) is 0 Å². The molecule has 1 N–H and O–H groups in total. The topological polar surface area (TPSA) is 56.1 Å². The second-order valence-corrected chi connectivity index (χ2v) is 4.33. The third kappa shape index (κ3) is 3.85. The molecule has 0 aromatic carbocycles. The average molecular weight is 237 g/mol. The Hall–Kier alpha value is -1.36. The summed E-state index contributed by atoms with van der Waals surface area (Å²) in [6.45, 7) is 1.14. The summed E-state index contributed by atoms with van der Waals surface area (Å²) in [4.78, 5) is 15.3. The summed E-state index contributed by atoms with van der Waals surface area (Å²) in [5.74, 6) is 0. The SMILES string of the molecule is O=C(NCCOC1CCCCC1)n1ccnc1. The fourth-order valence-electron chi connectivity index (χ4n) is 2.09. The van der Waals surface area contributed by atoms with E-state index in [1.165, 1.54) is 30.2 Å². The van der Waals surface area contributed by atoms with Gasteiger partial charge in [-0.25, -0.2) is 9.78 Å². The van der Waals surface area contributed by atoms with Gasteiger partial charge in [0.1, 0.15) is 6.33 Å². The van der Waals surface area contributed by atoms with Gasteiger partial charge in [-0.15, -0.1) is 0 Å². The Labute approximate surface area is 101 Å². The van der Waals surface area contributed by atoms with Gasteiger partial charge in [-0.2, -0.15) is 0 Å². The lowest BCUT2D eigenvalue weighted by Crippen LogP contribution is -2.32. The maximum Gasteiger partial charge on any atom is 0.326 e. The summed E-state index contributed by atoms with van der Waals surface area (Å²) in [5, 5.41) is 2.78. The van der Waals surface area contributed by atoms with Gasteiger partial charge in [0.25, 0.3) is 0 Å². The minimum absolute atomic E-state index is 0.158. The third-order valence-corrected chi connectivity index (χ3v) is 3.02. The first-order valence-electron chi connectivity index (χ1n) is 6.24. The Morgan fingerprint density at radius 1 is 1.41 bits per heavy atom. The molecule has 0 spiro atoms. The van der Waals surface area contributed by atoms with Crippen LogP contribution < -0.4 is 5.32 Å². The van der Waals surface area contributed by atoms with Crippen LogP contribution in [0.25, 0.3) is 0 Å². The van der Waals surface area contributed by atoms with Crippen LogP contribution in [0, 0.1) is 0 Å². The molecule has 1 amide bonds. The van der Waals surface area contributed by atoms with Gasteiger partial charge in [-0.3, -0.25) is 4.57 Å². The molecule has 0 aliphatic heterocycles. The van der Waals surface area contributed by atoms with Gasteiger partial charge in [0, 0.05) is 18.9 Å². The van der Waals surface area contributed by atoms with E-state index in [0.29, 0.717) is 19.3 Å². The average Bonchev–Trinajstić information content (AvgIpc) is 2.89. The maximum absolute atomic E-state index is 11.5. The number of nitrogens with one attached hydrogen (secondary N) is 1. The third-order valence-electron chi connectivity index (χ3n) is 3.02. The van der Waals surface area contributed by atoms with Crippen molar-refractivity contribution in [3.63, 3.8) is 0 Å². The minimum atomic E-state index is -0.158. The van der Waals surface area contributed by atoms with Crippen LogP contribution in [0.4, 0.5) is 4.79 Å². The molecular formula is C12H19N3O2. The van der Waals surface area contributed by atoms with Crippen molar-refractivity contribution < 1.29 is 9.53 Å². The molecule has 2 rings (SSSR count). The van der Waals surface area contributed by atoms with E-state index in [9.17, 15) is 4.79 Å². The summed E-state index contributed by atoms with van der Waals surface area (Å²) in [7, 11) is 0. The van der Waals surface area contributed by atoms with Gasteiger partial charge in [0.15, 0.2) is 0 Å². The summed E-state index contributed by atoms with van der Waals surface area (Å²) in [6.07, 6.45) is 11.3. The molecule has 0 unspecified atom stereocenters. The molecule has 1 aliphatic carbocycles. The lowest BCUT2D eigenvalue weighted by Gasteiger charge is -2.21. The first-order chi connectivity index (χ1) is 8.36. The van der Waals surface area contributed by atoms with Crippen molar-refractivity contribution in [1.82, 2.24) is 14.9 Å². The molecule has 1 aliphatic rings. The Morgan fingerprint density at radius 2 is 2.24 bits per heavy atom. The van der Waals surface area contributed by atoms with Crippen molar-refractivity contribution in [2.45, 2.75) is 38.2 Å². The fourth-order valence-corrected chi connectivity index (χ4v) is 2.09. The van der Waals surface area contributed by atoms with Crippen molar-refractivity contribution >= 4 is 6.03 Å². The smallest absolute Gasteiger partial charge is 0.326 e. The molecular weight excluding hydrogens is 218 g/mol. The highest BCUT2D eigenvalue weighted by Gasteiger charge is 2.13. The monoisotopic (exact) mass is 237 g/mol. The highest BCUT2D eigenvalue weighted by atomic mass is 16.5. The number of ether oxygens (including phenoxy) is 1. The molecule has 17 heavy (non-hydrogen) atoms. The molecule has 5 nitrogen and oxygen atoms in total. The lowest BCUT2D eigenvalue weighted by atomic mass is 9.98. The normalized spacial score (nSPS) is 16.9. The van der Waals surface area contributed by atoms with E-state index in [-0.39, 0.29) is 6.03 Å². The van der Waals surface area contributed by atoms with E-state index in [0.717, 1.165) is 12.8 Å². The first kappa shape index (κ1) is 12.1. The number of carbonyl (C=O) groups is 1. The van der Waals surface area contributed by atoms with Crippen molar-refractivity contribution in [3.05, 3.63) is 18.7 Å². The number of hydrogen-bond donors (Lipinski definition) is 1. The number of amides is 1. The summed E-state index contributed by atoms with van der Waals surface area (Å²) < 4.78 is 7.13. The Bertz CT molecular complexity index is 332. The van der Waals surface area contributed by atoms with Gasteiger partial charge >= 0.3 is 6.03 Å². The van der Waals surface area contributed by atoms with Crippen LogP contribution in [0.2, 0.25) is 0 Å². The van der Waals surface area contributed by atoms with Crippen molar-refractivity contribution in [2.75, 3.05) is 13.2 Å². The van der Waals surface area contributed by atoms with Crippen molar-refractivity contribution in [2.24, 2.45) is 0 Å². The van der Waals surface area contributed by atoms with Crippen LogP contribution in [0.5, 0.6) is 0 Å².